The van der Waals surface area contributed by atoms with Gasteiger partial charge in [-0.25, -0.2) is 0 Å². The van der Waals surface area contributed by atoms with E-state index < -0.39 is 0 Å². The maximum absolute atomic E-state index is 5.82. The van der Waals surface area contributed by atoms with Crippen molar-refractivity contribution in [1.82, 2.24) is 10.2 Å². The first kappa shape index (κ1) is 18.1. The van der Waals surface area contributed by atoms with E-state index in [1.807, 2.05) is 20.8 Å². The number of aryl methyl sites for hydroxylation is 1. The number of piperazine rings is 1. The number of unbranched alkanes of at least 4 members (excludes halogenated alkanes) is 1. The molecule has 0 radical (unpaired) electrons. The molecule has 2 rings (SSSR count). The lowest BCUT2D eigenvalue weighted by Gasteiger charge is -2.27. The minimum atomic E-state index is 0.166. The Hall–Kier alpha value is -1.26. The number of ether oxygens (including phenoxy) is 2. The summed E-state index contributed by atoms with van der Waals surface area (Å²) in [4.78, 5) is 2.56. The third-order valence-corrected chi connectivity index (χ3v) is 4.07. The summed E-state index contributed by atoms with van der Waals surface area (Å²) in [6, 6.07) is 6.37. The highest BCUT2D eigenvalue weighted by Crippen LogP contribution is 2.30. The Morgan fingerprint density at radius 3 is 2.61 bits per heavy atom. The van der Waals surface area contributed by atoms with Gasteiger partial charge in [0.05, 0.1) is 12.7 Å². The molecule has 1 N–H and O–H groups in total. The van der Waals surface area contributed by atoms with Crippen LogP contribution in [0, 0.1) is 0 Å². The summed E-state index contributed by atoms with van der Waals surface area (Å²) in [6.45, 7) is 12.6. The van der Waals surface area contributed by atoms with Gasteiger partial charge >= 0.3 is 0 Å². The van der Waals surface area contributed by atoms with Crippen molar-refractivity contribution in [2.24, 2.45) is 0 Å². The van der Waals surface area contributed by atoms with Crippen LogP contribution in [0.25, 0.3) is 0 Å². The van der Waals surface area contributed by atoms with Crippen molar-refractivity contribution in [3.05, 3.63) is 23.8 Å². The lowest BCUT2D eigenvalue weighted by Crippen LogP contribution is -2.43. The van der Waals surface area contributed by atoms with Gasteiger partial charge in [0.2, 0.25) is 0 Å². The number of hydrogen-bond donors (Lipinski definition) is 1. The Balaban J connectivity index is 1.80. The normalized spacial score (nSPS) is 15.8. The van der Waals surface area contributed by atoms with Crippen molar-refractivity contribution >= 4 is 0 Å². The maximum atomic E-state index is 5.82. The van der Waals surface area contributed by atoms with E-state index in [1.54, 1.807) is 0 Å². The van der Waals surface area contributed by atoms with E-state index >= 15 is 0 Å². The molecule has 4 heteroatoms. The van der Waals surface area contributed by atoms with Crippen LogP contribution in [0.2, 0.25) is 0 Å². The molecule has 1 fully saturated rings. The zero-order valence-corrected chi connectivity index (χ0v) is 14.9. The predicted octanol–water partition coefficient (Wildman–Crippen LogP) is 3.10. The van der Waals surface area contributed by atoms with Crippen molar-refractivity contribution in [1.29, 1.82) is 0 Å². The average molecular weight is 320 g/mol. The molecule has 0 spiro atoms. The summed E-state index contributed by atoms with van der Waals surface area (Å²) in [7, 11) is 0. The third-order valence-electron chi connectivity index (χ3n) is 4.07. The smallest absolute Gasteiger partial charge is 0.161 e. The Kier molecular flexibility index (Phi) is 7.69. The molecule has 1 aromatic carbocycles. The fourth-order valence-corrected chi connectivity index (χ4v) is 2.93. The molecule has 1 saturated heterocycles. The molecule has 23 heavy (non-hydrogen) atoms. The van der Waals surface area contributed by atoms with Crippen LogP contribution in [0.5, 0.6) is 11.5 Å². The topological polar surface area (TPSA) is 33.7 Å². The van der Waals surface area contributed by atoms with Crippen LogP contribution >= 0.6 is 0 Å². The lowest BCUT2D eigenvalue weighted by atomic mass is 10.1. The molecule has 4 nitrogen and oxygen atoms in total. The van der Waals surface area contributed by atoms with Crippen molar-refractivity contribution in [2.75, 3.05) is 39.3 Å². The molecule has 130 valence electrons. The SMILES string of the molecule is CCOc1cc(CCCCN2CCNCC2)ccc1OC(C)C. The number of nitrogens with one attached hydrogen (secondary N) is 1. The minimum absolute atomic E-state index is 0.166. The van der Waals surface area contributed by atoms with E-state index in [-0.39, 0.29) is 6.10 Å². The van der Waals surface area contributed by atoms with Gasteiger partial charge in [0.25, 0.3) is 0 Å². The number of rotatable bonds is 9. The van der Waals surface area contributed by atoms with Gasteiger partial charge in [0.15, 0.2) is 11.5 Å². The zero-order valence-electron chi connectivity index (χ0n) is 14.9. The summed E-state index contributed by atoms with van der Waals surface area (Å²) < 4.78 is 11.6. The summed E-state index contributed by atoms with van der Waals surface area (Å²) in [5, 5.41) is 3.40. The maximum Gasteiger partial charge on any atom is 0.161 e. The van der Waals surface area contributed by atoms with Gasteiger partial charge < -0.3 is 19.7 Å². The lowest BCUT2D eigenvalue weighted by molar-refractivity contribution is 0.223. The van der Waals surface area contributed by atoms with Crippen molar-refractivity contribution < 1.29 is 9.47 Å². The van der Waals surface area contributed by atoms with Crippen molar-refractivity contribution in [2.45, 2.75) is 46.1 Å². The molecule has 0 atom stereocenters. The van der Waals surface area contributed by atoms with Crippen LogP contribution in [0.15, 0.2) is 18.2 Å². The number of nitrogens with zero attached hydrogens (tertiary/aromatic N) is 1. The summed E-state index contributed by atoms with van der Waals surface area (Å²) in [6.07, 6.45) is 3.75. The molecule has 0 amide bonds. The summed E-state index contributed by atoms with van der Waals surface area (Å²) >= 11 is 0. The van der Waals surface area contributed by atoms with Gasteiger partial charge in [-0.2, -0.15) is 0 Å². The quantitative estimate of drug-likeness (QED) is 0.709. The van der Waals surface area contributed by atoms with E-state index in [2.05, 4.69) is 28.4 Å². The van der Waals surface area contributed by atoms with E-state index in [4.69, 9.17) is 9.47 Å². The van der Waals surface area contributed by atoms with Crippen molar-refractivity contribution in [3.63, 3.8) is 0 Å². The fraction of sp³-hybridized carbons (Fsp3) is 0.684. The molecule has 0 bridgehead atoms. The largest absolute Gasteiger partial charge is 0.490 e. The second kappa shape index (κ2) is 9.78. The van der Waals surface area contributed by atoms with Gasteiger partial charge in [-0.15, -0.1) is 0 Å². The highest BCUT2D eigenvalue weighted by atomic mass is 16.5. The second-order valence-electron chi connectivity index (χ2n) is 6.43. The summed E-state index contributed by atoms with van der Waals surface area (Å²) in [5.41, 5.74) is 1.34. The first-order valence-electron chi connectivity index (χ1n) is 9.04. The van der Waals surface area contributed by atoms with Gasteiger partial charge in [-0.05, 0) is 64.3 Å². The molecular weight excluding hydrogens is 288 g/mol. The molecule has 1 aliphatic rings. The third kappa shape index (κ3) is 6.40. The molecule has 0 saturated carbocycles. The van der Waals surface area contributed by atoms with Crippen LogP contribution in [0.3, 0.4) is 0 Å². The Labute approximate surface area is 141 Å². The predicted molar refractivity (Wildman–Crippen MR) is 95.6 cm³/mol. The first-order valence-corrected chi connectivity index (χ1v) is 9.04. The molecule has 1 aliphatic heterocycles. The Morgan fingerprint density at radius 2 is 1.91 bits per heavy atom. The first-order chi connectivity index (χ1) is 11.2. The monoisotopic (exact) mass is 320 g/mol. The van der Waals surface area contributed by atoms with Gasteiger partial charge in [0, 0.05) is 26.2 Å². The minimum Gasteiger partial charge on any atom is -0.490 e. The van der Waals surface area contributed by atoms with Crippen LogP contribution < -0.4 is 14.8 Å². The highest BCUT2D eigenvalue weighted by Gasteiger charge is 2.10. The van der Waals surface area contributed by atoms with E-state index in [0.717, 1.165) is 31.0 Å². The van der Waals surface area contributed by atoms with Gasteiger partial charge in [-0.3, -0.25) is 0 Å². The average Bonchev–Trinajstić information content (AvgIpc) is 2.55. The van der Waals surface area contributed by atoms with Crippen LogP contribution in [0.4, 0.5) is 0 Å². The molecule has 1 aromatic rings. The zero-order chi connectivity index (χ0) is 16.5. The van der Waals surface area contributed by atoms with Gasteiger partial charge in [-0.1, -0.05) is 6.07 Å². The van der Waals surface area contributed by atoms with Gasteiger partial charge in [0.1, 0.15) is 0 Å². The molecule has 1 heterocycles. The number of hydrogen-bond acceptors (Lipinski definition) is 4. The molecule has 0 aromatic heterocycles. The summed E-state index contributed by atoms with van der Waals surface area (Å²) in [5.74, 6) is 1.73. The number of benzene rings is 1. The van der Waals surface area contributed by atoms with Crippen molar-refractivity contribution in [3.8, 4) is 11.5 Å². The molecule has 0 aliphatic carbocycles. The Bertz CT molecular complexity index is 457. The van der Waals surface area contributed by atoms with E-state index in [1.165, 1.54) is 38.0 Å². The molecule has 0 unspecified atom stereocenters. The van der Waals surface area contributed by atoms with E-state index in [0.29, 0.717) is 6.61 Å². The standard InChI is InChI=1S/C19H32N2O2/c1-4-22-19-15-17(8-9-18(19)23-16(2)3)7-5-6-12-21-13-10-20-11-14-21/h8-9,15-16,20H,4-7,10-14H2,1-3H3. The highest BCUT2D eigenvalue weighted by molar-refractivity contribution is 5.43. The van der Waals surface area contributed by atoms with Crippen LogP contribution in [-0.2, 0) is 6.42 Å². The fourth-order valence-electron chi connectivity index (χ4n) is 2.93. The van der Waals surface area contributed by atoms with Crippen LogP contribution in [0.1, 0.15) is 39.2 Å². The van der Waals surface area contributed by atoms with E-state index in [9.17, 15) is 0 Å². The van der Waals surface area contributed by atoms with Crippen LogP contribution in [-0.4, -0.2) is 50.3 Å². The second-order valence-corrected chi connectivity index (χ2v) is 6.43. The Morgan fingerprint density at radius 1 is 1.13 bits per heavy atom. The molecular formula is C19H32N2O2.